The van der Waals surface area contributed by atoms with Crippen LogP contribution in [0.3, 0.4) is 0 Å². The number of anilines is 1. The van der Waals surface area contributed by atoms with Crippen molar-refractivity contribution in [2.45, 2.75) is 20.3 Å². The number of carbonyl (C=O) groups is 1. The lowest BCUT2D eigenvalue weighted by Crippen LogP contribution is -2.22. The standard InChI is InChI=1S/C13H17F2NO2/c1-8(2)4-5-16(3)12-10(14)6-9(13(17)18)7-11(12)15/h6-8H,4-5H2,1-3H3,(H,17,18). The molecule has 0 bridgehead atoms. The van der Waals surface area contributed by atoms with Gasteiger partial charge in [-0.15, -0.1) is 0 Å². The number of halogens is 2. The molecule has 0 amide bonds. The average molecular weight is 257 g/mol. The largest absolute Gasteiger partial charge is 0.478 e. The summed E-state index contributed by atoms with van der Waals surface area (Å²) in [6.07, 6.45) is 0.802. The monoisotopic (exact) mass is 257 g/mol. The van der Waals surface area contributed by atoms with Crippen LogP contribution in [-0.2, 0) is 0 Å². The lowest BCUT2D eigenvalue weighted by molar-refractivity contribution is 0.0696. The van der Waals surface area contributed by atoms with Crippen molar-refractivity contribution in [1.82, 2.24) is 0 Å². The highest BCUT2D eigenvalue weighted by Gasteiger charge is 2.17. The second-order valence-corrected chi connectivity index (χ2v) is 4.70. The fraction of sp³-hybridized carbons (Fsp3) is 0.462. The van der Waals surface area contributed by atoms with Crippen LogP contribution in [0, 0.1) is 17.6 Å². The van der Waals surface area contributed by atoms with Gasteiger partial charge in [0.2, 0.25) is 0 Å². The summed E-state index contributed by atoms with van der Waals surface area (Å²) in [7, 11) is 1.59. The van der Waals surface area contributed by atoms with Crippen LogP contribution in [0.4, 0.5) is 14.5 Å². The molecule has 0 unspecified atom stereocenters. The molecule has 100 valence electrons. The molecule has 1 aromatic carbocycles. The van der Waals surface area contributed by atoms with E-state index in [0.717, 1.165) is 18.6 Å². The number of hydrogen-bond donors (Lipinski definition) is 1. The van der Waals surface area contributed by atoms with Gasteiger partial charge in [-0.25, -0.2) is 13.6 Å². The highest BCUT2D eigenvalue weighted by atomic mass is 19.1. The molecular formula is C13H17F2NO2. The molecular weight excluding hydrogens is 240 g/mol. The molecule has 0 aliphatic rings. The summed E-state index contributed by atoms with van der Waals surface area (Å²) in [5.41, 5.74) is -0.563. The highest BCUT2D eigenvalue weighted by Crippen LogP contribution is 2.24. The molecule has 0 saturated heterocycles. The predicted octanol–water partition coefficient (Wildman–Crippen LogP) is 3.15. The lowest BCUT2D eigenvalue weighted by atomic mass is 10.1. The van der Waals surface area contributed by atoms with E-state index in [1.807, 2.05) is 13.8 Å². The number of rotatable bonds is 5. The van der Waals surface area contributed by atoms with E-state index in [-0.39, 0.29) is 11.3 Å². The van der Waals surface area contributed by atoms with Crippen LogP contribution in [-0.4, -0.2) is 24.7 Å². The first-order valence-corrected chi connectivity index (χ1v) is 5.76. The number of carboxylic acid groups (broad SMARTS) is 1. The third kappa shape index (κ3) is 3.42. The maximum absolute atomic E-state index is 13.7. The van der Waals surface area contributed by atoms with Gasteiger partial charge in [0.1, 0.15) is 17.3 Å². The van der Waals surface area contributed by atoms with Crippen LogP contribution in [0.15, 0.2) is 12.1 Å². The summed E-state index contributed by atoms with van der Waals surface area (Å²) in [6.45, 7) is 4.56. The number of hydrogen-bond acceptors (Lipinski definition) is 2. The summed E-state index contributed by atoms with van der Waals surface area (Å²) in [4.78, 5) is 12.1. The van der Waals surface area contributed by atoms with E-state index in [0.29, 0.717) is 12.5 Å². The van der Waals surface area contributed by atoms with E-state index in [4.69, 9.17) is 5.11 Å². The molecule has 5 heteroatoms. The van der Waals surface area contributed by atoms with Crippen LogP contribution in [0.2, 0.25) is 0 Å². The smallest absolute Gasteiger partial charge is 0.335 e. The van der Waals surface area contributed by atoms with Gasteiger partial charge in [-0.2, -0.15) is 0 Å². The van der Waals surface area contributed by atoms with E-state index < -0.39 is 17.6 Å². The molecule has 0 heterocycles. The Morgan fingerprint density at radius 2 is 1.83 bits per heavy atom. The average Bonchev–Trinajstić information content (AvgIpc) is 2.25. The Balaban J connectivity index is 2.99. The van der Waals surface area contributed by atoms with Crippen molar-refractivity contribution >= 4 is 11.7 Å². The van der Waals surface area contributed by atoms with Crippen molar-refractivity contribution in [3.8, 4) is 0 Å². The number of benzene rings is 1. The van der Waals surface area contributed by atoms with Crippen LogP contribution in [0.5, 0.6) is 0 Å². The minimum Gasteiger partial charge on any atom is -0.478 e. The van der Waals surface area contributed by atoms with Crippen molar-refractivity contribution in [1.29, 1.82) is 0 Å². The van der Waals surface area contributed by atoms with Crippen molar-refractivity contribution in [2.75, 3.05) is 18.5 Å². The molecule has 18 heavy (non-hydrogen) atoms. The predicted molar refractivity (Wildman–Crippen MR) is 66.0 cm³/mol. The Morgan fingerprint density at radius 1 is 1.33 bits per heavy atom. The van der Waals surface area contributed by atoms with E-state index in [2.05, 4.69) is 0 Å². The molecule has 0 atom stereocenters. The molecule has 1 rings (SSSR count). The van der Waals surface area contributed by atoms with Crippen LogP contribution < -0.4 is 4.90 Å². The summed E-state index contributed by atoms with van der Waals surface area (Å²) in [6, 6.07) is 1.68. The maximum Gasteiger partial charge on any atom is 0.335 e. The SMILES string of the molecule is CC(C)CCN(C)c1c(F)cc(C(=O)O)cc1F. The topological polar surface area (TPSA) is 40.5 Å². The normalized spacial score (nSPS) is 10.8. The minimum absolute atomic E-state index is 0.180. The molecule has 1 aromatic rings. The Bertz CT molecular complexity index is 424. The fourth-order valence-electron chi connectivity index (χ4n) is 1.62. The molecule has 3 nitrogen and oxygen atoms in total. The third-order valence-electron chi connectivity index (χ3n) is 2.69. The third-order valence-corrected chi connectivity index (χ3v) is 2.69. The van der Waals surface area contributed by atoms with Gasteiger partial charge in [0.25, 0.3) is 0 Å². The van der Waals surface area contributed by atoms with E-state index >= 15 is 0 Å². The zero-order valence-electron chi connectivity index (χ0n) is 10.7. The molecule has 0 aliphatic heterocycles. The first-order chi connectivity index (χ1) is 8.32. The first kappa shape index (κ1) is 14.4. The van der Waals surface area contributed by atoms with Crippen molar-refractivity contribution in [3.63, 3.8) is 0 Å². The zero-order chi connectivity index (χ0) is 13.9. The van der Waals surface area contributed by atoms with Crippen molar-refractivity contribution in [3.05, 3.63) is 29.3 Å². The van der Waals surface area contributed by atoms with Gasteiger partial charge in [-0.05, 0) is 24.5 Å². The Hall–Kier alpha value is -1.65. The van der Waals surface area contributed by atoms with Gasteiger partial charge in [-0.1, -0.05) is 13.8 Å². The van der Waals surface area contributed by atoms with E-state index in [1.54, 1.807) is 7.05 Å². The zero-order valence-corrected chi connectivity index (χ0v) is 10.7. The fourth-order valence-corrected chi connectivity index (χ4v) is 1.62. The second kappa shape index (κ2) is 5.80. The van der Waals surface area contributed by atoms with Gasteiger partial charge in [0, 0.05) is 13.6 Å². The van der Waals surface area contributed by atoms with Gasteiger partial charge in [0.15, 0.2) is 0 Å². The quantitative estimate of drug-likeness (QED) is 0.881. The maximum atomic E-state index is 13.7. The van der Waals surface area contributed by atoms with Gasteiger partial charge in [-0.3, -0.25) is 0 Å². The molecule has 0 fully saturated rings. The summed E-state index contributed by atoms with van der Waals surface area (Å²) < 4.78 is 27.4. The van der Waals surface area contributed by atoms with Crippen LogP contribution in [0.25, 0.3) is 0 Å². The van der Waals surface area contributed by atoms with Crippen molar-refractivity contribution < 1.29 is 18.7 Å². The second-order valence-electron chi connectivity index (χ2n) is 4.70. The summed E-state index contributed by atoms with van der Waals surface area (Å²) in [5, 5.41) is 8.69. The Morgan fingerprint density at radius 3 is 2.22 bits per heavy atom. The number of aromatic carboxylic acids is 1. The van der Waals surface area contributed by atoms with E-state index in [9.17, 15) is 13.6 Å². The van der Waals surface area contributed by atoms with Gasteiger partial charge >= 0.3 is 5.97 Å². The van der Waals surface area contributed by atoms with Crippen LogP contribution >= 0.6 is 0 Å². The van der Waals surface area contributed by atoms with Gasteiger partial charge in [0.05, 0.1) is 5.56 Å². The summed E-state index contributed by atoms with van der Waals surface area (Å²) in [5.74, 6) is -2.61. The van der Waals surface area contributed by atoms with Crippen LogP contribution in [0.1, 0.15) is 30.6 Å². The Kier molecular flexibility index (Phi) is 4.64. The van der Waals surface area contributed by atoms with E-state index in [1.165, 1.54) is 4.90 Å². The molecule has 1 N–H and O–H groups in total. The number of nitrogens with zero attached hydrogens (tertiary/aromatic N) is 1. The first-order valence-electron chi connectivity index (χ1n) is 5.76. The molecule has 0 radical (unpaired) electrons. The minimum atomic E-state index is -1.34. The molecule has 0 aliphatic carbocycles. The van der Waals surface area contributed by atoms with Crippen molar-refractivity contribution in [2.24, 2.45) is 5.92 Å². The molecule has 0 spiro atoms. The van der Waals surface area contributed by atoms with Gasteiger partial charge < -0.3 is 10.0 Å². The molecule has 0 saturated carbocycles. The highest BCUT2D eigenvalue weighted by molar-refractivity contribution is 5.88. The lowest BCUT2D eigenvalue weighted by Gasteiger charge is -2.21. The molecule has 0 aromatic heterocycles. The summed E-state index contributed by atoms with van der Waals surface area (Å²) >= 11 is 0. The Labute approximate surface area is 105 Å². The number of carboxylic acids is 1.